The highest BCUT2D eigenvalue weighted by molar-refractivity contribution is 7.71. The van der Waals surface area contributed by atoms with E-state index in [0.717, 1.165) is 11.3 Å². The fraction of sp³-hybridized carbons (Fsp3) is 0.211. The molecule has 0 fully saturated rings. The third-order valence-corrected chi connectivity index (χ3v) is 4.24. The Morgan fingerprint density at radius 3 is 2.62 bits per heavy atom. The number of hydrogen-bond acceptors (Lipinski definition) is 4. The molecular weight excluding hydrogens is 350 g/mol. The Morgan fingerprint density at radius 1 is 1.19 bits per heavy atom. The quantitative estimate of drug-likeness (QED) is 0.601. The summed E-state index contributed by atoms with van der Waals surface area (Å²) in [7, 11) is 0. The maximum Gasteiger partial charge on any atom is 0.259 e. The first kappa shape index (κ1) is 17.9. The van der Waals surface area contributed by atoms with Crippen molar-refractivity contribution in [1.29, 1.82) is 0 Å². The van der Waals surface area contributed by atoms with Gasteiger partial charge in [-0.25, -0.2) is 0 Å². The van der Waals surface area contributed by atoms with Crippen molar-refractivity contribution in [3.05, 3.63) is 68.7 Å². The fourth-order valence-corrected chi connectivity index (χ4v) is 2.90. The molecule has 0 saturated carbocycles. The second-order valence-electron chi connectivity index (χ2n) is 5.87. The lowest BCUT2D eigenvalue weighted by molar-refractivity contribution is 0.0940. The van der Waals surface area contributed by atoms with E-state index in [4.69, 9.17) is 17.0 Å². The normalized spacial score (nSPS) is 11.9. The van der Waals surface area contributed by atoms with Crippen molar-refractivity contribution in [3.8, 4) is 5.75 Å². The first-order valence-electron chi connectivity index (χ1n) is 8.28. The van der Waals surface area contributed by atoms with Gasteiger partial charge in [-0.2, -0.15) is 0 Å². The molecule has 6 nitrogen and oxygen atoms in total. The molecule has 0 saturated heterocycles. The van der Waals surface area contributed by atoms with Gasteiger partial charge < -0.3 is 15.0 Å². The van der Waals surface area contributed by atoms with E-state index in [2.05, 4.69) is 15.3 Å². The molecule has 7 heteroatoms. The van der Waals surface area contributed by atoms with E-state index in [-0.39, 0.29) is 22.3 Å². The van der Waals surface area contributed by atoms with Crippen molar-refractivity contribution in [2.45, 2.75) is 19.9 Å². The number of H-pyrrole nitrogens is 2. The Labute approximate surface area is 155 Å². The monoisotopic (exact) mass is 369 g/mol. The zero-order valence-electron chi connectivity index (χ0n) is 14.5. The molecule has 3 N–H and O–H groups in total. The lowest BCUT2D eigenvalue weighted by Crippen LogP contribution is -2.26. The molecule has 0 aliphatic rings. The summed E-state index contributed by atoms with van der Waals surface area (Å²) in [5.41, 5.74) is 1.67. The lowest BCUT2D eigenvalue weighted by Gasteiger charge is -2.15. The second-order valence-corrected chi connectivity index (χ2v) is 6.27. The predicted molar refractivity (Wildman–Crippen MR) is 103 cm³/mol. The number of aromatic amines is 2. The van der Waals surface area contributed by atoms with Crippen LogP contribution in [0.2, 0.25) is 0 Å². The maximum atomic E-state index is 12.5. The number of carbonyl (C=O) groups is 1. The van der Waals surface area contributed by atoms with Gasteiger partial charge in [0, 0.05) is 5.56 Å². The number of nitrogens with one attached hydrogen (secondary N) is 3. The van der Waals surface area contributed by atoms with Gasteiger partial charge in [-0.15, -0.1) is 0 Å². The van der Waals surface area contributed by atoms with E-state index in [1.807, 2.05) is 38.1 Å². The van der Waals surface area contributed by atoms with Crippen LogP contribution in [0.25, 0.3) is 10.9 Å². The van der Waals surface area contributed by atoms with Crippen LogP contribution < -0.4 is 15.6 Å². The minimum atomic E-state index is -0.279. The summed E-state index contributed by atoms with van der Waals surface area (Å²) < 4.78 is 5.65. The van der Waals surface area contributed by atoms with E-state index in [1.54, 1.807) is 18.2 Å². The fourth-order valence-electron chi connectivity index (χ4n) is 2.69. The lowest BCUT2D eigenvalue weighted by atomic mass is 10.1. The number of carbonyl (C=O) groups excluding carboxylic acids is 1. The van der Waals surface area contributed by atoms with Gasteiger partial charge in [-0.1, -0.05) is 12.1 Å². The van der Waals surface area contributed by atoms with Crippen LogP contribution >= 0.6 is 12.2 Å². The van der Waals surface area contributed by atoms with E-state index in [0.29, 0.717) is 23.1 Å². The van der Waals surface area contributed by atoms with Crippen LogP contribution in [-0.4, -0.2) is 22.5 Å². The Morgan fingerprint density at radius 2 is 1.92 bits per heavy atom. The first-order valence-corrected chi connectivity index (χ1v) is 8.68. The molecule has 3 aromatic rings. The zero-order chi connectivity index (χ0) is 18.7. The predicted octanol–water partition coefficient (Wildman–Crippen LogP) is 3.48. The van der Waals surface area contributed by atoms with Crippen molar-refractivity contribution in [2.24, 2.45) is 0 Å². The van der Waals surface area contributed by atoms with Crippen LogP contribution in [-0.2, 0) is 0 Å². The van der Waals surface area contributed by atoms with Crippen molar-refractivity contribution < 1.29 is 9.53 Å². The van der Waals surface area contributed by atoms with Gasteiger partial charge in [0.1, 0.15) is 5.75 Å². The summed E-state index contributed by atoms with van der Waals surface area (Å²) in [6, 6.07) is 12.3. The number of aromatic nitrogens is 2. The van der Waals surface area contributed by atoms with Gasteiger partial charge in [0.15, 0.2) is 4.77 Å². The minimum Gasteiger partial charge on any atom is -0.494 e. The molecule has 2 aromatic carbocycles. The van der Waals surface area contributed by atoms with Crippen molar-refractivity contribution in [1.82, 2.24) is 15.3 Å². The molecular formula is C19H19N3O3S. The Hall–Kier alpha value is -2.93. The first-order chi connectivity index (χ1) is 12.5. The van der Waals surface area contributed by atoms with Crippen LogP contribution in [0.4, 0.5) is 0 Å². The molecule has 1 atom stereocenters. The summed E-state index contributed by atoms with van der Waals surface area (Å²) in [6.45, 7) is 4.45. The summed E-state index contributed by atoms with van der Waals surface area (Å²) in [6.07, 6.45) is 0. The average Bonchev–Trinajstić information content (AvgIpc) is 2.61. The third-order valence-electron chi connectivity index (χ3n) is 4.04. The van der Waals surface area contributed by atoms with Crippen molar-refractivity contribution in [3.63, 3.8) is 0 Å². The van der Waals surface area contributed by atoms with Crippen LogP contribution in [0, 0.1) is 4.77 Å². The van der Waals surface area contributed by atoms with Gasteiger partial charge in [0.2, 0.25) is 0 Å². The van der Waals surface area contributed by atoms with E-state index in [9.17, 15) is 9.59 Å². The minimum absolute atomic E-state index is 0.174. The van der Waals surface area contributed by atoms with Gasteiger partial charge in [0.05, 0.1) is 23.6 Å². The zero-order valence-corrected chi connectivity index (χ0v) is 15.3. The van der Waals surface area contributed by atoms with E-state index >= 15 is 0 Å². The largest absolute Gasteiger partial charge is 0.494 e. The van der Waals surface area contributed by atoms with E-state index in [1.165, 1.54) is 0 Å². The number of ether oxygens (including phenoxy) is 1. The summed E-state index contributed by atoms with van der Waals surface area (Å²) >= 11 is 4.98. The SMILES string of the molecule is CCOc1ccc(C(C)NC(=O)c2ccc3c(=O)[nH]c(=S)[nH]c3c2)cc1. The Kier molecular flexibility index (Phi) is 5.18. The Bertz CT molecular complexity index is 1050. The highest BCUT2D eigenvalue weighted by atomic mass is 32.1. The summed E-state index contributed by atoms with van der Waals surface area (Å²) in [5, 5.41) is 3.41. The molecule has 0 radical (unpaired) electrons. The molecule has 0 bridgehead atoms. The van der Waals surface area contributed by atoms with Crippen LogP contribution in [0.3, 0.4) is 0 Å². The topological polar surface area (TPSA) is 87.0 Å². The Balaban J connectivity index is 1.79. The highest BCUT2D eigenvalue weighted by Gasteiger charge is 2.13. The molecule has 1 aromatic heterocycles. The molecule has 0 spiro atoms. The average molecular weight is 369 g/mol. The molecule has 1 amide bonds. The maximum absolute atomic E-state index is 12.5. The van der Waals surface area contributed by atoms with Crippen molar-refractivity contribution in [2.75, 3.05) is 6.61 Å². The third kappa shape index (κ3) is 3.83. The van der Waals surface area contributed by atoms with E-state index < -0.39 is 0 Å². The van der Waals surface area contributed by atoms with Crippen molar-refractivity contribution >= 4 is 29.0 Å². The highest BCUT2D eigenvalue weighted by Crippen LogP contribution is 2.18. The molecule has 134 valence electrons. The molecule has 26 heavy (non-hydrogen) atoms. The number of rotatable bonds is 5. The molecule has 0 aliphatic carbocycles. The molecule has 1 heterocycles. The number of amides is 1. The number of benzene rings is 2. The number of fused-ring (bicyclic) bond motifs is 1. The van der Waals surface area contributed by atoms with Gasteiger partial charge in [-0.05, 0) is 62.0 Å². The summed E-state index contributed by atoms with van der Waals surface area (Å²) in [5.74, 6) is 0.567. The molecule has 0 aliphatic heterocycles. The second kappa shape index (κ2) is 7.53. The van der Waals surface area contributed by atoms with Crippen LogP contribution in [0.1, 0.15) is 35.8 Å². The summed E-state index contributed by atoms with van der Waals surface area (Å²) in [4.78, 5) is 29.8. The smallest absolute Gasteiger partial charge is 0.259 e. The molecule has 1 unspecified atom stereocenters. The van der Waals surface area contributed by atoms with Crippen LogP contribution in [0.15, 0.2) is 47.3 Å². The molecule has 3 rings (SSSR count). The van der Waals surface area contributed by atoms with Gasteiger partial charge >= 0.3 is 0 Å². The van der Waals surface area contributed by atoms with Crippen LogP contribution in [0.5, 0.6) is 5.75 Å². The standard InChI is InChI=1S/C19H19N3O3S/c1-3-25-14-7-4-12(5-8-14)11(2)20-17(23)13-6-9-15-16(10-13)21-19(26)22-18(15)24/h4-11H,3H2,1-2H3,(H,20,23)(H2,21,22,24,26). The van der Waals surface area contributed by atoms with Gasteiger partial charge in [-0.3, -0.25) is 14.6 Å². The van der Waals surface area contributed by atoms with Gasteiger partial charge in [0.25, 0.3) is 11.5 Å². The number of hydrogen-bond donors (Lipinski definition) is 3.